The number of nitrogens with zero attached hydrogens (tertiary/aromatic N) is 2. The summed E-state index contributed by atoms with van der Waals surface area (Å²) in [6.07, 6.45) is 0.599. The van der Waals surface area contributed by atoms with E-state index in [9.17, 15) is 4.79 Å². The Balaban J connectivity index is 1.70. The summed E-state index contributed by atoms with van der Waals surface area (Å²) in [6.45, 7) is 0. The van der Waals surface area contributed by atoms with Gasteiger partial charge in [0.25, 0.3) is 0 Å². The number of hydrogen-bond acceptors (Lipinski definition) is 4. The fourth-order valence-corrected chi connectivity index (χ4v) is 2.91. The first kappa shape index (κ1) is 13.8. The maximum absolute atomic E-state index is 12.4. The molecule has 0 spiro atoms. The number of rotatable bonds is 2. The Labute approximate surface area is 133 Å². The van der Waals surface area contributed by atoms with Crippen LogP contribution in [0.15, 0.2) is 42.5 Å². The quantitative estimate of drug-likeness (QED) is 0.584. The number of esters is 1. The molecule has 1 unspecified atom stereocenters. The van der Waals surface area contributed by atoms with E-state index in [1.807, 2.05) is 61.5 Å². The van der Waals surface area contributed by atoms with Crippen LogP contribution < -0.4 is 9.64 Å². The van der Waals surface area contributed by atoms with E-state index in [1.165, 1.54) is 0 Å². The molecular weight excluding hydrogens is 290 g/mol. The fraction of sp³-hybridized carbons (Fsp3) is 0.222. The molecule has 1 atom stereocenters. The average Bonchev–Trinajstić information content (AvgIpc) is 2.97. The van der Waals surface area contributed by atoms with Crippen LogP contribution in [0.25, 0.3) is 11.0 Å². The van der Waals surface area contributed by atoms with E-state index < -0.39 is 0 Å². The third kappa shape index (κ3) is 2.34. The maximum atomic E-state index is 12.4. The van der Waals surface area contributed by atoms with Gasteiger partial charge in [0.1, 0.15) is 17.5 Å². The normalized spacial score (nSPS) is 17.0. The first-order chi connectivity index (χ1) is 11.1. The van der Waals surface area contributed by atoms with Gasteiger partial charge in [-0.05, 0) is 30.2 Å². The molecule has 0 aliphatic carbocycles. The number of ether oxygens (including phenoxy) is 1. The Kier molecular flexibility index (Phi) is 3.08. The highest BCUT2D eigenvalue weighted by Crippen LogP contribution is 2.35. The number of hydrogen-bond donors (Lipinski definition) is 1. The van der Waals surface area contributed by atoms with Crippen molar-refractivity contribution >= 4 is 22.7 Å². The van der Waals surface area contributed by atoms with Crippen LogP contribution >= 0.6 is 0 Å². The number of fused-ring (bicyclic) bond motifs is 2. The third-order valence-corrected chi connectivity index (χ3v) is 4.22. The second-order valence-corrected chi connectivity index (χ2v) is 6.00. The van der Waals surface area contributed by atoms with E-state index in [-0.39, 0.29) is 11.9 Å². The van der Waals surface area contributed by atoms with Crippen molar-refractivity contribution in [2.24, 2.45) is 0 Å². The first-order valence-corrected chi connectivity index (χ1v) is 7.58. The number of carbonyl (C=O) groups is 1. The van der Waals surface area contributed by atoms with E-state index in [4.69, 9.17) is 4.74 Å². The zero-order chi connectivity index (χ0) is 16.0. The summed E-state index contributed by atoms with van der Waals surface area (Å²) in [5, 5.41) is 0. The standard InChI is InChI=1S/C18H17N3O2/c1-21(2)12-8-7-11-9-13(18(22)23-16(11)10-12)17-19-14-5-3-4-6-15(14)20-17/h3-8,10,13H,9H2,1-2H3,(H,19,20). The van der Waals surface area contributed by atoms with Crippen molar-refractivity contribution in [1.29, 1.82) is 0 Å². The lowest BCUT2D eigenvalue weighted by Gasteiger charge is -2.23. The molecule has 5 nitrogen and oxygen atoms in total. The number of H-pyrrole nitrogens is 1. The molecule has 2 heterocycles. The molecular formula is C18H17N3O2. The number of imidazole rings is 1. The summed E-state index contributed by atoms with van der Waals surface area (Å²) in [5.41, 5.74) is 3.84. The lowest BCUT2D eigenvalue weighted by atomic mass is 9.95. The van der Waals surface area contributed by atoms with E-state index in [2.05, 4.69) is 9.97 Å². The molecule has 3 aromatic rings. The third-order valence-electron chi connectivity index (χ3n) is 4.22. The van der Waals surface area contributed by atoms with Crippen LogP contribution in [0.3, 0.4) is 0 Å². The number of aromatic nitrogens is 2. The number of benzene rings is 2. The minimum Gasteiger partial charge on any atom is -0.426 e. The van der Waals surface area contributed by atoms with Crippen LogP contribution in [-0.2, 0) is 11.2 Å². The summed E-state index contributed by atoms with van der Waals surface area (Å²) < 4.78 is 5.56. The van der Waals surface area contributed by atoms with Gasteiger partial charge in [0.15, 0.2) is 0 Å². The van der Waals surface area contributed by atoms with E-state index >= 15 is 0 Å². The molecule has 0 saturated carbocycles. The van der Waals surface area contributed by atoms with Crippen LogP contribution in [0.4, 0.5) is 5.69 Å². The molecule has 0 saturated heterocycles. The number of anilines is 1. The van der Waals surface area contributed by atoms with Gasteiger partial charge in [-0.15, -0.1) is 0 Å². The molecule has 1 N–H and O–H groups in total. The van der Waals surface area contributed by atoms with Gasteiger partial charge in [-0.25, -0.2) is 4.98 Å². The lowest BCUT2D eigenvalue weighted by molar-refractivity contribution is -0.137. The zero-order valence-electron chi connectivity index (χ0n) is 13.0. The fourth-order valence-electron chi connectivity index (χ4n) is 2.91. The topological polar surface area (TPSA) is 58.2 Å². The van der Waals surface area contributed by atoms with Gasteiger partial charge < -0.3 is 14.6 Å². The minimum absolute atomic E-state index is 0.257. The summed E-state index contributed by atoms with van der Waals surface area (Å²) in [7, 11) is 3.92. The molecule has 0 amide bonds. The van der Waals surface area contributed by atoms with Crippen LogP contribution in [0.2, 0.25) is 0 Å². The van der Waals surface area contributed by atoms with Crippen molar-refractivity contribution in [2.45, 2.75) is 12.3 Å². The van der Waals surface area contributed by atoms with Crippen molar-refractivity contribution < 1.29 is 9.53 Å². The van der Waals surface area contributed by atoms with Crippen LogP contribution in [0, 0.1) is 0 Å². The highest BCUT2D eigenvalue weighted by atomic mass is 16.5. The van der Waals surface area contributed by atoms with E-state index in [0.29, 0.717) is 18.0 Å². The first-order valence-electron chi connectivity index (χ1n) is 7.58. The molecule has 2 aromatic carbocycles. The van der Waals surface area contributed by atoms with Crippen molar-refractivity contribution in [3.05, 3.63) is 53.9 Å². The molecule has 1 aromatic heterocycles. The number of carbonyl (C=O) groups excluding carboxylic acids is 1. The van der Waals surface area contributed by atoms with Gasteiger partial charge in [0.2, 0.25) is 0 Å². The Morgan fingerprint density at radius 3 is 2.83 bits per heavy atom. The summed E-state index contributed by atoms with van der Waals surface area (Å²) in [5.74, 6) is 0.666. The Bertz CT molecular complexity index is 865. The second-order valence-electron chi connectivity index (χ2n) is 6.00. The largest absolute Gasteiger partial charge is 0.426 e. The van der Waals surface area contributed by atoms with Crippen molar-refractivity contribution in [3.8, 4) is 5.75 Å². The van der Waals surface area contributed by atoms with Gasteiger partial charge in [-0.2, -0.15) is 0 Å². The average molecular weight is 307 g/mol. The molecule has 0 bridgehead atoms. The molecule has 1 aliphatic heterocycles. The van der Waals surface area contributed by atoms with E-state index in [1.54, 1.807) is 0 Å². The molecule has 5 heteroatoms. The van der Waals surface area contributed by atoms with Crippen molar-refractivity contribution in [3.63, 3.8) is 0 Å². The molecule has 23 heavy (non-hydrogen) atoms. The smallest absolute Gasteiger partial charge is 0.322 e. The predicted octanol–water partition coefficient (Wildman–Crippen LogP) is 2.87. The van der Waals surface area contributed by atoms with Crippen molar-refractivity contribution in [1.82, 2.24) is 9.97 Å². The van der Waals surface area contributed by atoms with E-state index in [0.717, 1.165) is 22.3 Å². The Morgan fingerprint density at radius 1 is 1.22 bits per heavy atom. The summed E-state index contributed by atoms with van der Waals surface area (Å²) in [4.78, 5) is 22.2. The lowest BCUT2D eigenvalue weighted by Crippen LogP contribution is -2.27. The summed E-state index contributed by atoms with van der Waals surface area (Å²) in [6, 6.07) is 13.7. The Morgan fingerprint density at radius 2 is 2.04 bits per heavy atom. The van der Waals surface area contributed by atoms with Gasteiger partial charge in [0, 0.05) is 25.8 Å². The van der Waals surface area contributed by atoms with Gasteiger partial charge in [-0.1, -0.05) is 18.2 Å². The minimum atomic E-state index is -0.389. The SMILES string of the molecule is CN(C)c1ccc2c(c1)OC(=O)C(c1nc3ccccc3[nH]1)C2. The number of para-hydroxylation sites is 2. The number of nitrogens with one attached hydrogen (secondary N) is 1. The second kappa shape index (κ2) is 5.12. The van der Waals surface area contributed by atoms with Gasteiger partial charge in [-0.3, -0.25) is 4.79 Å². The molecule has 0 fully saturated rings. The molecule has 0 radical (unpaired) electrons. The van der Waals surface area contributed by atoms with Crippen LogP contribution in [0.1, 0.15) is 17.3 Å². The molecule has 1 aliphatic rings. The summed E-state index contributed by atoms with van der Waals surface area (Å²) >= 11 is 0. The van der Waals surface area contributed by atoms with Crippen molar-refractivity contribution in [2.75, 3.05) is 19.0 Å². The highest BCUT2D eigenvalue weighted by Gasteiger charge is 2.32. The molecule has 116 valence electrons. The highest BCUT2D eigenvalue weighted by molar-refractivity contribution is 5.84. The predicted molar refractivity (Wildman–Crippen MR) is 88.9 cm³/mol. The van der Waals surface area contributed by atoms with Gasteiger partial charge >= 0.3 is 5.97 Å². The van der Waals surface area contributed by atoms with Gasteiger partial charge in [0.05, 0.1) is 11.0 Å². The Hall–Kier alpha value is -2.82. The monoisotopic (exact) mass is 307 g/mol. The van der Waals surface area contributed by atoms with Crippen LogP contribution in [0.5, 0.6) is 5.75 Å². The zero-order valence-corrected chi connectivity index (χ0v) is 13.0. The molecule has 4 rings (SSSR count). The maximum Gasteiger partial charge on any atom is 0.322 e. The number of aromatic amines is 1. The van der Waals surface area contributed by atoms with Crippen LogP contribution in [-0.4, -0.2) is 30.0 Å².